The molecule has 2 rings (SSSR count). The fraction of sp³-hybridized carbons (Fsp3) is 0.300. The molecule has 2 aromatic rings. The third-order valence-electron chi connectivity index (χ3n) is 2.38. The van der Waals surface area contributed by atoms with Gasteiger partial charge in [0, 0.05) is 20.2 Å². The highest BCUT2D eigenvalue weighted by Gasteiger charge is 2.12. The van der Waals surface area contributed by atoms with Gasteiger partial charge in [-0.2, -0.15) is 10.1 Å². The molecule has 0 saturated carbocycles. The van der Waals surface area contributed by atoms with Crippen molar-refractivity contribution in [3.8, 4) is 0 Å². The van der Waals surface area contributed by atoms with Gasteiger partial charge in [0.05, 0.1) is 6.20 Å². The molecule has 8 nitrogen and oxygen atoms in total. The summed E-state index contributed by atoms with van der Waals surface area (Å²) in [5.41, 5.74) is 0.132. The molecule has 0 aromatic carbocycles. The van der Waals surface area contributed by atoms with Crippen LogP contribution in [0.25, 0.3) is 0 Å². The molecule has 0 bridgehead atoms. The summed E-state index contributed by atoms with van der Waals surface area (Å²) in [6, 6.07) is 1.49. The van der Waals surface area contributed by atoms with Crippen molar-refractivity contribution < 1.29 is 10.2 Å². The summed E-state index contributed by atoms with van der Waals surface area (Å²) in [7, 11) is 3.35. The molecular weight excluding hydrogens is 272 g/mol. The van der Waals surface area contributed by atoms with E-state index in [4.69, 9.17) is 21.8 Å². The number of hydrogen-bond donors (Lipinski definition) is 4. The number of anilines is 3. The maximum atomic E-state index is 9.04. The molecule has 0 fully saturated rings. The Morgan fingerprint density at radius 3 is 2.74 bits per heavy atom. The fourth-order valence-corrected chi connectivity index (χ4v) is 1.64. The highest BCUT2D eigenvalue weighted by Crippen LogP contribution is 2.21. The van der Waals surface area contributed by atoms with E-state index in [-0.39, 0.29) is 5.69 Å². The van der Waals surface area contributed by atoms with Gasteiger partial charge in [0.1, 0.15) is 22.4 Å². The highest BCUT2D eigenvalue weighted by atomic mass is 35.5. The number of aliphatic hydroxyl groups excluding tert-OH is 1. The number of nitrogens with zero attached hydrogens (tertiary/aromatic N) is 4. The second-order valence-corrected chi connectivity index (χ2v) is 4.12. The molecule has 4 N–H and O–H groups in total. The van der Waals surface area contributed by atoms with Crippen LogP contribution in [0.4, 0.5) is 17.6 Å². The van der Waals surface area contributed by atoms with E-state index < -0.39 is 6.29 Å². The molecule has 0 atom stereocenters. The molecule has 0 spiro atoms. The van der Waals surface area contributed by atoms with Crippen molar-refractivity contribution >= 4 is 29.2 Å². The Labute approximate surface area is 114 Å². The summed E-state index contributed by atoms with van der Waals surface area (Å²) < 4.78 is 1.45. The Kier molecular flexibility index (Phi) is 3.84. The van der Waals surface area contributed by atoms with Gasteiger partial charge in [-0.1, -0.05) is 11.6 Å². The molecule has 0 aliphatic heterocycles. The first-order valence-electron chi connectivity index (χ1n) is 5.38. The van der Waals surface area contributed by atoms with E-state index in [0.717, 1.165) is 0 Å². The van der Waals surface area contributed by atoms with Crippen LogP contribution in [0, 0.1) is 0 Å². The van der Waals surface area contributed by atoms with Crippen LogP contribution in [0.1, 0.15) is 12.0 Å². The van der Waals surface area contributed by atoms with Crippen LogP contribution < -0.4 is 10.6 Å². The standard InChI is InChI=1S/C10H13ClN6O2/c1-12-8-5(11)4-13-10(15-8)14-7-3-6(9(18)19)16-17(7)2/h3-4,9,18-19H,1-2H3,(H2,12,13,14,15). The van der Waals surface area contributed by atoms with Gasteiger partial charge in [-0.3, -0.25) is 4.68 Å². The molecule has 2 heterocycles. The third-order valence-corrected chi connectivity index (χ3v) is 2.66. The average molecular weight is 285 g/mol. The Morgan fingerprint density at radius 1 is 1.42 bits per heavy atom. The van der Waals surface area contributed by atoms with E-state index in [9.17, 15) is 0 Å². The maximum Gasteiger partial charge on any atom is 0.230 e. The lowest BCUT2D eigenvalue weighted by atomic mass is 10.4. The summed E-state index contributed by atoms with van der Waals surface area (Å²) >= 11 is 5.88. The fourth-order valence-electron chi connectivity index (χ4n) is 1.45. The molecular formula is C10H13ClN6O2. The van der Waals surface area contributed by atoms with Crippen LogP contribution in [0.3, 0.4) is 0 Å². The minimum absolute atomic E-state index is 0.132. The Balaban J connectivity index is 2.26. The zero-order chi connectivity index (χ0) is 14.0. The van der Waals surface area contributed by atoms with Crippen molar-refractivity contribution in [2.24, 2.45) is 7.05 Å². The second kappa shape index (κ2) is 5.39. The van der Waals surface area contributed by atoms with Crippen LogP contribution in [-0.4, -0.2) is 37.0 Å². The normalized spacial score (nSPS) is 10.8. The molecule has 0 unspecified atom stereocenters. The molecule has 0 saturated heterocycles. The number of aromatic nitrogens is 4. The SMILES string of the molecule is CNc1nc(Nc2cc(C(O)O)nn2C)ncc1Cl. The van der Waals surface area contributed by atoms with Crippen molar-refractivity contribution in [2.45, 2.75) is 6.29 Å². The van der Waals surface area contributed by atoms with Crippen LogP contribution in [0.15, 0.2) is 12.3 Å². The van der Waals surface area contributed by atoms with E-state index in [0.29, 0.717) is 22.6 Å². The van der Waals surface area contributed by atoms with Gasteiger partial charge in [-0.25, -0.2) is 4.98 Å². The first kappa shape index (κ1) is 13.5. The second-order valence-electron chi connectivity index (χ2n) is 3.72. The van der Waals surface area contributed by atoms with E-state index in [1.807, 2.05) is 0 Å². The number of nitrogens with one attached hydrogen (secondary N) is 2. The van der Waals surface area contributed by atoms with Crippen molar-refractivity contribution in [2.75, 3.05) is 17.7 Å². The minimum atomic E-state index is -1.62. The first-order chi connectivity index (χ1) is 9.01. The summed E-state index contributed by atoms with van der Waals surface area (Å²) in [5, 5.41) is 28.1. The largest absolute Gasteiger partial charge is 0.372 e. The third kappa shape index (κ3) is 2.92. The first-order valence-corrected chi connectivity index (χ1v) is 5.76. The minimum Gasteiger partial charge on any atom is -0.372 e. The van der Waals surface area contributed by atoms with Gasteiger partial charge in [-0.15, -0.1) is 0 Å². The van der Waals surface area contributed by atoms with Crippen molar-refractivity contribution in [1.29, 1.82) is 0 Å². The van der Waals surface area contributed by atoms with Gasteiger partial charge < -0.3 is 20.8 Å². The van der Waals surface area contributed by atoms with Crippen molar-refractivity contribution in [1.82, 2.24) is 19.7 Å². The predicted molar refractivity (Wildman–Crippen MR) is 70.3 cm³/mol. The van der Waals surface area contributed by atoms with Gasteiger partial charge in [0.2, 0.25) is 5.95 Å². The lowest BCUT2D eigenvalue weighted by Crippen LogP contribution is -2.04. The number of aliphatic hydroxyl groups is 2. The summed E-state index contributed by atoms with van der Waals surface area (Å²) in [5.74, 6) is 1.33. The Hall–Kier alpha value is -1.90. The molecule has 0 amide bonds. The molecule has 19 heavy (non-hydrogen) atoms. The molecule has 0 radical (unpaired) electrons. The van der Waals surface area contributed by atoms with Crippen LogP contribution in [0.2, 0.25) is 5.02 Å². The van der Waals surface area contributed by atoms with E-state index in [1.165, 1.54) is 16.9 Å². The monoisotopic (exact) mass is 284 g/mol. The smallest absolute Gasteiger partial charge is 0.230 e. The van der Waals surface area contributed by atoms with Crippen LogP contribution in [0.5, 0.6) is 0 Å². The molecule has 9 heteroatoms. The molecule has 0 aliphatic carbocycles. The van der Waals surface area contributed by atoms with Gasteiger partial charge in [-0.05, 0) is 0 Å². The molecule has 2 aromatic heterocycles. The molecule has 0 aliphatic rings. The summed E-state index contributed by atoms with van der Waals surface area (Å²) in [6.07, 6.45) is -0.165. The van der Waals surface area contributed by atoms with E-state index >= 15 is 0 Å². The quantitative estimate of drug-likeness (QED) is 0.610. The zero-order valence-corrected chi connectivity index (χ0v) is 11.0. The highest BCUT2D eigenvalue weighted by molar-refractivity contribution is 6.32. The number of hydrogen-bond acceptors (Lipinski definition) is 7. The van der Waals surface area contributed by atoms with Gasteiger partial charge >= 0.3 is 0 Å². The average Bonchev–Trinajstić information content (AvgIpc) is 2.73. The van der Waals surface area contributed by atoms with Gasteiger partial charge in [0.15, 0.2) is 6.29 Å². The molecule has 102 valence electrons. The van der Waals surface area contributed by atoms with Crippen LogP contribution >= 0.6 is 11.6 Å². The number of aryl methyl sites for hydroxylation is 1. The number of halogens is 1. The predicted octanol–water partition coefficient (Wildman–Crippen LogP) is 0.632. The van der Waals surface area contributed by atoms with Gasteiger partial charge in [0.25, 0.3) is 0 Å². The van der Waals surface area contributed by atoms with Crippen LogP contribution in [-0.2, 0) is 7.05 Å². The van der Waals surface area contributed by atoms with Crippen molar-refractivity contribution in [3.63, 3.8) is 0 Å². The lowest BCUT2D eigenvalue weighted by molar-refractivity contribution is -0.0461. The van der Waals surface area contributed by atoms with E-state index in [2.05, 4.69) is 25.7 Å². The number of rotatable bonds is 4. The summed E-state index contributed by atoms with van der Waals surface area (Å²) in [6.45, 7) is 0. The maximum absolute atomic E-state index is 9.04. The lowest BCUT2D eigenvalue weighted by Gasteiger charge is -2.07. The Morgan fingerprint density at radius 2 is 2.16 bits per heavy atom. The Bertz CT molecular complexity index is 585. The zero-order valence-electron chi connectivity index (χ0n) is 10.3. The topological polar surface area (TPSA) is 108 Å². The van der Waals surface area contributed by atoms with E-state index in [1.54, 1.807) is 14.1 Å². The summed E-state index contributed by atoms with van der Waals surface area (Å²) in [4.78, 5) is 8.17. The van der Waals surface area contributed by atoms with Crippen molar-refractivity contribution in [3.05, 3.63) is 23.0 Å².